The molecule has 0 fully saturated rings. The van der Waals surface area contributed by atoms with Gasteiger partial charge in [0, 0.05) is 13.1 Å². The van der Waals surface area contributed by atoms with Gasteiger partial charge in [-0.25, -0.2) is 0 Å². The topological polar surface area (TPSA) is 52.5 Å². The lowest BCUT2D eigenvalue weighted by Crippen LogP contribution is -2.51. The van der Waals surface area contributed by atoms with E-state index in [-0.39, 0.29) is 13.2 Å². The molecule has 0 spiro atoms. The molecule has 3 aromatic carbocycles. The fourth-order valence-corrected chi connectivity index (χ4v) is 2.80. The molecule has 26 heavy (non-hydrogen) atoms. The van der Waals surface area contributed by atoms with E-state index in [1.165, 1.54) is 16.4 Å². The van der Waals surface area contributed by atoms with E-state index >= 15 is 0 Å². The van der Waals surface area contributed by atoms with Crippen LogP contribution in [0.1, 0.15) is 0 Å². The molecule has 3 N–H and O–H groups in total. The standard InChI is InChI=1S/C18H15B.C4H11NO2/c1-4-10-16(11-5-1)19(17-12-6-2-7-13-17)18-14-8-3-9-15-18;6-3-1-5-2-4-7/h1-15H;5-7H,1-4H2. The van der Waals surface area contributed by atoms with Gasteiger partial charge in [0.05, 0.1) is 13.2 Å². The minimum atomic E-state index is 0.139. The van der Waals surface area contributed by atoms with Crippen molar-refractivity contribution in [3.05, 3.63) is 91.0 Å². The van der Waals surface area contributed by atoms with Crippen LogP contribution in [0.25, 0.3) is 0 Å². The number of benzene rings is 3. The smallest absolute Gasteiger partial charge is 0.241 e. The first kappa shape index (κ1) is 19.9. The number of aliphatic hydroxyl groups is 2. The Labute approximate surface area is 156 Å². The van der Waals surface area contributed by atoms with Crippen molar-refractivity contribution < 1.29 is 10.2 Å². The minimum absolute atomic E-state index is 0.139. The first-order chi connectivity index (χ1) is 12.9. The van der Waals surface area contributed by atoms with Crippen LogP contribution in [0, 0.1) is 0 Å². The molecule has 0 radical (unpaired) electrons. The summed E-state index contributed by atoms with van der Waals surface area (Å²) in [6.45, 7) is 1.73. The van der Waals surface area contributed by atoms with Crippen LogP contribution in [0.15, 0.2) is 91.0 Å². The van der Waals surface area contributed by atoms with E-state index < -0.39 is 0 Å². The van der Waals surface area contributed by atoms with Crippen LogP contribution in [0.5, 0.6) is 0 Å². The second-order valence-corrected chi connectivity index (χ2v) is 5.86. The summed E-state index contributed by atoms with van der Waals surface area (Å²) in [5, 5.41) is 19.1. The second-order valence-electron chi connectivity index (χ2n) is 5.86. The van der Waals surface area contributed by atoms with Crippen molar-refractivity contribution in [2.45, 2.75) is 0 Å². The Balaban J connectivity index is 0.000000298. The summed E-state index contributed by atoms with van der Waals surface area (Å²) in [5.41, 5.74) is 4.00. The Morgan fingerprint density at radius 1 is 0.538 bits per heavy atom. The molecule has 0 aliphatic rings. The third-order valence-electron chi connectivity index (χ3n) is 3.98. The molecule has 134 valence electrons. The van der Waals surface area contributed by atoms with Gasteiger partial charge >= 0.3 is 0 Å². The van der Waals surface area contributed by atoms with Crippen LogP contribution in [-0.4, -0.2) is 43.2 Å². The molecule has 0 atom stereocenters. The highest BCUT2D eigenvalue weighted by Crippen LogP contribution is 1.95. The minimum Gasteiger partial charge on any atom is -0.395 e. The van der Waals surface area contributed by atoms with Crippen molar-refractivity contribution >= 4 is 23.1 Å². The molecule has 4 heteroatoms. The lowest BCUT2D eigenvalue weighted by Gasteiger charge is -2.15. The molecular weight excluding hydrogens is 321 g/mol. The molecule has 0 unspecified atom stereocenters. The monoisotopic (exact) mass is 347 g/mol. The van der Waals surface area contributed by atoms with Gasteiger partial charge in [0.1, 0.15) is 0 Å². The van der Waals surface area contributed by atoms with Crippen LogP contribution in [0.3, 0.4) is 0 Å². The Kier molecular flexibility index (Phi) is 9.23. The maximum absolute atomic E-state index is 8.15. The van der Waals surface area contributed by atoms with Gasteiger partial charge in [0.15, 0.2) is 0 Å². The average Bonchev–Trinajstić information content (AvgIpc) is 2.72. The molecule has 3 aromatic rings. The predicted octanol–water partition coefficient (Wildman–Crippen LogP) is 0.763. The van der Waals surface area contributed by atoms with Crippen LogP contribution >= 0.6 is 0 Å². The average molecular weight is 347 g/mol. The molecule has 0 heterocycles. The predicted molar refractivity (Wildman–Crippen MR) is 111 cm³/mol. The van der Waals surface area contributed by atoms with E-state index in [9.17, 15) is 0 Å². The van der Waals surface area contributed by atoms with Gasteiger partial charge in [0.2, 0.25) is 6.71 Å². The molecule has 0 saturated heterocycles. The van der Waals surface area contributed by atoms with Gasteiger partial charge in [-0.2, -0.15) is 0 Å². The number of aliphatic hydroxyl groups excluding tert-OH is 2. The van der Waals surface area contributed by atoms with Crippen molar-refractivity contribution in [2.75, 3.05) is 26.3 Å². The highest BCUT2D eigenvalue weighted by atomic mass is 16.3. The summed E-state index contributed by atoms with van der Waals surface area (Å²) in [5.74, 6) is 0. The van der Waals surface area contributed by atoms with E-state index in [1.54, 1.807) is 0 Å². The highest BCUT2D eigenvalue weighted by molar-refractivity contribution is 6.95. The van der Waals surface area contributed by atoms with Crippen molar-refractivity contribution in [1.82, 2.24) is 5.32 Å². The number of hydrogen-bond acceptors (Lipinski definition) is 3. The molecule has 0 aromatic heterocycles. The Morgan fingerprint density at radius 2 is 0.846 bits per heavy atom. The normalized spacial score (nSPS) is 9.92. The molecule has 0 bridgehead atoms. The van der Waals surface area contributed by atoms with Crippen LogP contribution < -0.4 is 21.7 Å². The van der Waals surface area contributed by atoms with Crippen LogP contribution in [0.4, 0.5) is 0 Å². The third kappa shape index (κ3) is 6.49. The summed E-state index contributed by atoms with van der Waals surface area (Å²) < 4.78 is 0. The summed E-state index contributed by atoms with van der Waals surface area (Å²) in [6, 6.07) is 32.0. The zero-order valence-electron chi connectivity index (χ0n) is 15.0. The zero-order chi connectivity index (χ0) is 18.5. The molecular formula is C22H26BNO2. The van der Waals surface area contributed by atoms with Gasteiger partial charge in [-0.1, -0.05) is 107 Å². The molecule has 0 aliphatic heterocycles. The zero-order valence-corrected chi connectivity index (χ0v) is 15.0. The lowest BCUT2D eigenvalue weighted by molar-refractivity contribution is 0.267. The largest absolute Gasteiger partial charge is 0.395 e. The molecule has 3 nitrogen and oxygen atoms in total. The van der Waals surface area contributed by atoms with Gasteiger partial charge in [0.25, 0.3) is 0 Å². The lowest BCUT2D eigenvalue weighted by atomic mass is 9.37. The maximum Gasteiger partial charge on any atom is 0.241 e. The van der Waals surface area contributed by atoms with Crippen molar-refractivity contribution in [2.24, 2.45) is 0 Å². The molecule has 0 aliphatic carbocycles. The number of rotatable bonds is 7. The molecule has 0 amide bonds. The summed E-state index contributed by atoms with van der Waals surface area (Å²) in [7, 11) is 0. The van der Waals surface area contributed by atoms with Crippen molar-refractivity contribution in [3.8, 4) is 0 Å². The van der Waals surface area contributed by atoms with Gasteiger partial charge < -0.3 is 15.5 Å². The first-order valence-electron chi connectivity index (χ1n) is 8.94. The van der Waals surface area contributed by atoms with E-state index in [0.29, 0.717) is 19.8 Å². The third-order valence-corrected chi connectivity index (χ3v) is 3.98. The van der Waals surface area contributed by atoms with Gasteiger partial charge in [-0.3, -0.25) is 0 Å². The Hall–Kier alpha value is -2.40. The van der Waals surface area contributed by atoms with Crippen molar-refractivity contribution in [1.29, 1.82) is 0 Å². The van der Waals surface area contributed by atoms with Gasteiger partial charge in [-0.15, -0.1) is 0 Å². The maximum atomic E-state index is 8.15. The summed E-state index contributed by atoms with van der Waals surface area (Å²) in [4.78, 5) is 0. The first-order valence-corrected chi connectivity index (χ1v) is 8.94. The van der Waals surface area contributed by atoms with Crippen LogP contribution in [-0.2, 0) is 0 Å². The Bertz CT molecular complexity index is 610. The summed E-state index contributed by atoms with van der Waals surface area (Å²) in [6.07, 6.45) is 0. The second kappa shape index (κ2) is 12.0. The van der Waals surface area contributed by atoms with Gasteiger partial charge in [-0.05, 0) is 0 Å². The SMILES string of the molecule is OCCNCCO.c1ccc(B(c2ccccc2)c2ccccc2)cc1. The van der Waals surface area contributed by atoms with Crippen LogP contribution in [0.2, 0.25) is 0 Å². The van der Waals surface area contributed by atoms with E-state index in [1.807, 2.05) is 0 Å². The molecule has 3 rings (SSSR count). The van der Waals surface area contributed by atoms with E-state index in [4.69, 9.17) is 10.2 Å². The highest BCUT2D eigenvalue weighted by Gasteiger charge is 2.20. The van der Waals surface area contributed by atoms with Crippen molar-refractivity contribution in [3.63, 3.8) is 0 Å². The molecule has 0 saturated carbocycles. The summed E-state index contributed by atoms with van der Waals surface area (Å²) >= 11 is 0. The van der Waals surface area contributed by atoms with E-state index in [2.05, 4.69) is 96.3 Å². The van der Waals surface area contributed by atoms with E-state index in [0.717, 1.165) is 0 Å². The Morgan fingerprint density at radius 3 is 1.12 bits per heavy atom. The number of hydrogen-bond donors (Lipinski definition) is 3. The quantitative estimate of drug-likeness (QED) is 0.437. The number of nitrogens with one attached hydrogen (secondary N) is 1. The fourth-order valence-electron chi connectivity index (χ4n) is 2.80. The fraction of sp³-hybridized carbons (Fsp3) is 0.182.